The zero-order chi connectivity index (χ0) is 14.9. The number of halogens is 2. The van der Waals surface area contributed by atoms with Crippen molar-refractivity contribution < 1.29 is 9.84 Å². The summed E-state index contributed by atoms with van der Waals surface area (Å²) in [7, 11) is 1.55. The lowest BCUT2D eigenvalue weighted by atomic mass is 10.1. The summed E-state index contributed by atoms with van der Waals surface area (Å²) in [6.07, 6.45) is 0.836. The number of hydrogen-bond acceptors (Lipinski definition) is 3. The Hall–Kier alpha value is -1.04. The van der Waals surface area contributed by atoms with Crippen molar-refractivity contribution in [1.29, 1.82) is 0 Å². The first-order valence-electron chi connectivity index (χ1n) is 6.20. The molecule has 1 atom stereocenters. The van der Waals surface area contributed by atoms with Gasteiger partial charge in [0.1, 0.15) is 11.9 Å². The lowest BCUT2D eigenvalue weighted by Gasteiger charge is -2.19. The van der Waals surface area contributed by atoms with Crippen molar-refractivity contribution in [3.63, 3.8) is 0 Å². The number of rotatable bonds is 4. The molecule has 0 radical (unpaired) electrons. The normalized spacial score (nSPS) is 12.8. The molecule has 4 nitrogen and oxygen atoms in total. The van der Waals surface area contributed by atoms with Gasteiger partial charge in [-0.1, -0.05) is 17.7 Å². The Morgan fingerprint density at radius 2 is 2.10 bits per heavy atom. The number of nitrogens with zero attached hydrogens (tertiary/aromatic N) is 2. The predicted octanol–water partition coefficient (Wildman–Crippen LogP) is 3.97. The van der Waals surface area contributed by atoms with Gasteiger partial charge < -0.3 is 9.84 Å². The van der Waals surface area contributed by atoms with Crippen LogP contribution in [0.5, 0.6) is 5.75 Å². The summed E-state index contributed by atoms with van der Waals surface area (Å²) in [6.45, 7) is 4.02. The van der Waals surface area contributed by atoms with Gasteiger partial charge in [0.25, 0.3) is 0 Å². The molecule has 1 N–H and O–H groups in total. The smallest absolute Gasteiger partial charge is 0.126 e. The molecule has 6 heteroatoms. The molecule has 0 bridgehead atoms. The zero-order valence-corrected chi connectivity index (χ0v) is 13.8. The SMILES string of the molecule is COc1cc(Cl)ccc1C(O)c1c(Br)cnn1C(C)C. The van der Waals surface area contributed by atoms with E-state index >= 15 is 0 Å². The Balaban J connectivity index is 2.51. The number of methoxy groups -OCH3 is 1. The van der Waals surface area contributed by atoms with Gasteiger partial charge in [-0.2, -0.15) is 5.10 Å². The highest BCUT2D eigenvalue weighted by Crippen LogP contribution is 2.35. The molecule has 1 aromatic heterocycles. The molecule has 1 aromatic carbocycles. The van der Waals surface area contributed by atoms with Crippen molar-refractivity contribution in [3.8, 4) is 5.75 Å². The van der Waals surface area contributed by atoms with Crippen molar-refractivity contribution in [2.24, 2.45) is 0 Å². The van der Waals surface area contributed by atoms with Crippen LogP contribution in [0.3, 0.4) is 0 Å². The highest BCUT2D eigenvalue weighted by Gasteiger charge is 2.23. The second-order valence-electron chi connectivity index (χ2n) is 4.70. The highest BCUT2D eigenvalue weighted by molar-refractivity contribution is 9.10. The summed E-state index contributed by atoms with van der Waals surface area (Å²) < 4.78 is 7.84. The molecule has 20 heavy (non-hydrogen) atoms. The van der Waals surface area contributed by atoms with Crippen LogP contribution in [0.25, 0.3) is 0 Å². The van der Waals surface area contributed by atoms with Gasteiger partial charge in [0, 0.05) is 16.6 Å². The Labute approximate surface area is 131 Å². The second-order valence-corrected chi connectivity index (χ2v) is 6.00. The summed E-state index contributed by atoms with van der Waals surface area (Å²) in [5.41, 5.74) is 1.35. The third-order valence-corrected chi connectivity index (χ3v) is 3.87. The molecule has 0 aliphatic rings. The van der Waals surface area contributed by atoms with Crippen molar-refractivity contribution >= 4 is 27.5 Å². The van der Waals surface area contributed by atoms with Crippen LogP contribution < -0.4 is 4.74 Å². The number of aromatic nitrogens is 2. The molecule has 0 saturated carbocycles. The minimum Gasteiger partial charge on any atom is -0.496 e. The molecule has 0 aliphatic heterocycles. The Bertz CT molecular complexity index is 613. The molecule has 2 rings (SSSR count). The maximum absolute atomic E-state index is 10.7. The summed E-state index contributed by atoms with van der Waals surface area (Å²) in [4.78, 5) is 0. The van der Waals surface area contributed by atoms with Crippen LogP contribution in [0.15, 0.2) is 28.9 Å². The number of aliphatic hydroxyl groups excluding tert-OH is 1. The number of hydrogen-bond donors (Lipinski definition) is 1. The van der Waals surface area contributed by atoms with Gasteiger partial charge in [0.2, 0.25) is 0 Å². The van der Waals surface area contributed by atoms with Crippen LogP contribution in [0, 0.1) is 0 Å². The lowest BCUT2D eigenvalue weighted by molar-refractivity contribution is 0.199. The van der Waals surface area contributed by atoms with Gasteiger partial charge in [0.15, 0.2) is 0 Å². The van der Waals surface area contributed by atoms with E-state index in [-0.39, 0.29) is 6.04 Å². The Morgan fingerprint density at radius 1 is 1.40 bits per heavy atom. The monoisotopic (exact) mass is 358 g/mol. The Kier molecular flexibility index (Phi) is 4.73. The largest absolute Gasteiger partial charge is 0.496 e. The standard InChI is InChI=1S/C14H16BrClN2O2/c1-8(2)18-13(11(15)7-17-18)14(19)10-5-4-9(16)6-12(10)20-3/h4-8,14,19H,1-3H3. The van der Waals surface area contributed by atoms with E-state index in [1.54, 1.807) is 36.2 Å². The van der Waals surface area contributed by atoms with E-state index in [1.165, 1.54) is 0 Å². The predicted molar refractivity (Wildman–Crippen MR) is 82.4 cm³/mol. The minimum atomic E-state index is -0.846. The molecular weight excluding hydrogens is 344 g/mol. The number of ether oxygens (including phenoxy) is 1. The van der Waals surface area contributed by atoms with Crippen LogP contribution >= 0.6 is 27.5 Å². The molecule has 0 spiro atoms. The number of aliphatic hydroxyl groups is 1. The van der Waals surface area contributed by atoms with Gasteiger partial charge in [-0.05, 0) is 41.9 Å². The van der Waals surface area contributed by atoms with Crippen molar-refractivity contribution in [2.75, 3.05) is 7.11 Å². The molecule has 0 aliphatic carbocycles. The summed E-state index contributed by atoms with van der Waals surface area (Å²) >= 11 is 9.38. The maximum atomic E-state index is 10.7. The first kappa shape index (κ1) is 15.4. The molecule has 1 heterocycles. The Morgan fingerprint density at radius 3 is 2.70 bits per heavy atom. The van der Waals surface area contributed by atoms with Gasteiger partial charge in [-0.15, -0.1) is 0 Å². The van der Waals surface area contributed by atoms with Crippen LogP contribution in [0.1, 0.15) is 37.3 Å². The second kappa shape index (κ2) is 6.16. The average Bonchev–Trinajstić information content (AvgIpc) is 2.79. The van der Waals surface area contributed by atoms with E-state index in [1.807, 2.05) is 13.8 Å². The maximum Gasteiger partial charge on any atom is 0.126 e. The molecular formula is C14H16BrClN2O2. The fourth-order valence-corrected chi connectivity index (χ4v) is 2.73. The number of benzene rings is 1. The van der Waals surface area contributed by atoms with Gasteiger partial charge in [-0.3, -0.25) is 4.68 Å². The van der Waals surface area contributed by atoms with Crippen molar-refractivity contribution in [1.82, 2.24) is 9.78 Å². The van der Waals surface area contributed by atoms with Crippen LogP contribution in [0.2, 0.25) is 5.02 Å². The first-order valence-corrected chi connectivity index (χ1v) is 7.37. The quantitative estimate of drug-likeness (QED) is 0.898. The molecule has 2 aromatic rings. The van der Waals surface area contributed by atoms with Crippen molar-refractivity contribution in [2.45, 2.75) is 26.0 Å². The summed E-state index contributed by atoms with van der Waals surface area (Å²) in [6, 6.07) is 5.32. The molecule has 0 saturated heterocycles. The third-order valence-electron chi connectivity index (χ3n) is 3.03. The highest BCUT2D eigenvalue weighted by atomic mass is 79.9. The fraction of sp³-hybridized carbons (Fsp3) is 0.357. The van der Waals surface area contributed by atoms with E-state index in [0.717, 1.165) is 4.47 Å². The van der Waals surface area contributed by atoms with E-state index in [9.17, 15) is 5.11 Å². The zero-order valence-electron chi connectivity index (χ0n) is 11.5. The minimum absolute atomic E-state index is 0.143. The van der Waals surface area contributed by atoms with E-state index < -0.39 is 6.10 Å². The summed E-state index contributed by atoms with van der Waals surface area (Å²) in [5, 5.41) is 15.5. The average molecular weight is 360 g/mol. The molecule has 1 unspecified atom stereocenters. The van der Waals surface area contributed by atoms with Crippen LogP contribution in [-0.2, 0) is 0 Å². The fourth-order valence-electron chi connectivity index (χ4n) is 2.08. The first-order chi connectivity index (χ1) is 9.45. The molecule has 0 fully saturated rings. The third kappa shape index (κ3) is 2.85. The summed E-state index contributed by atoms with van der Waals surface area (Å²) in [5.74, 6) is 0.549. The van der Waals surface area contributed by atoms with E-state index in [0.29, 0.717) is 22.0 Å². The van der Waals surface area contributed by atoms with Gasteiger partial charge in [-0.25, -0.2) is 0 Å². The van der Waals surface area contributed by atoms with E-state index in [2.05, 4.69) is 21.0 Å². The van der Waals surface area contributed by atoms with Crippen molar-refractivity contribution in [3.05, 3.63) is 45.1 Å². The molecule has 0 amide bonds. The van der Waals surface area contributed by atoms with Crippen LogP contribution in [0.4, 0.5) is 0 Å². The molecule has 108 valence electrons. The van der Waals surface area contributed by atoms with E-state index in [4.69, 9.17) is 16.3 Å². The lowest BCUT2D eigenvalue weighted by Crippen LogP contribution is -2.13. The van der Waals surface area contributed by atoms with Crippen LogP contribution in [-0.4, -0.2) is 22.0 Å². The topological polar surface area (TPSA) is 47.3 Å². The van der Waals surface area contributed by atoms with Gasteiger partial charge in [0.05, 0.1) is 23.5 Å². The van der Waals surface area contributed by atoms with Gasteiger partial charge >= 0.3 is 0 Å².